The molecule has 0 aliphatic carbocycles. The molecule has 0 bridgehead atoms. The van der Waals surface area contributed by atoms with Crippen molar-refractivity contribution in [2.75, 3.05) is 30.9 Å². The van der Waals surface area contributed by atoms with Gasteiger partial charge in [0.05, 0.1) is 11.9 Å². The maximum absolute atomic E-state index is 11.7. The summed E-state index contributed by atoms with van der Waals surface area (Å²) in [6.07, 6.45) is 6.38. The van der Waals surface area contributed by atoms with Crippen molar-refractivity contribution in [2.24, 2.45) is 5.73 Å². The predicted octanol–water partition coefficient (Wildman–Crippen LogP) is 2.00. The van der Waals surface area contributed by atoms with E-state index in [1.807, 2.05) is 31.1 Å². The van der Waals surface area contributed by atoms with E-state index in [1.54, 1.807) is 6.20 Å². The molecule has 106 valence electrons. The standard InChI is InChI=1S/C14H24N4O/c1-18(2)12-8-9-13(16-11-12)17-14(19)7-5-3-4-6-10-15/h8-9,11H,3-7,10,15H2,1-2H3,(H,16,17,19). The minimum atomic E-state index is 0.0258. The molecule has 0 aliphatic rings. The first kappa shape index (κ1) is 15.4. The second-order valence-corrected chi connectivity index (χ2v) is 4.80. The molecule has 0 saturated carbocycles. The number of unbranched alkanes of at least 4 members (excludes halogenated alkanes) is 3. The number of aromatic nitrogens is 1. The van der Waals surface area contributed by atoms with Crippen molar-refractivity contribution in [1.29, 1.82) is 0 Å². The van der Waals surface area contributed by atoms with E-state index in [-0.39, 0.29) is 5.91 Å². The normalized spacial score (nSPS) is 10.3. The quantitative estimate of drug-likeness (QED) is 0.704. The fraction of sp³-hybridized carbons (Fsp3) is 0.571. The van der Waals surface area contributed by atoms with Gasteiger partial charge in [0, 0.05) is 20.5 Å². The number of amides is 1. The Morgan fingerprint density at radius 3 is 2.58 bits per heavy atom. The summed E-state index contributed by atoms with van der Waals surface area (Å²) < 4.78 is 0. The summed E-state index contributed by atoms with van der Waals surface area (Å²) in [5.74, 6) is 0.635. The van der Waals surface area contributed by atoms with E-state index in [2.05, 4.69) is 10.3 Å². The van der Waals surface area contributed by atoms with Crippen molar-refractivity contribution in [3.8, 4) is 0 Å². The maximum atomic E-state index is 11.7. The fourth-order valence-corrected chi connectivity index (χ4v) is 1.71. The summed E-state index contributed by atoms with van der Waals surface area (Å²) in [4.78, 5) is 17.9. The number of carbonyl (C=O) groups excluding carboxylic acids is 1. The van der Waals surface area contributed by atoms with Crippen LogP contribution in [0, 0.1) is 0 Å². The van der Waals surface area contributed by atoms with Crippen LogP contribution in [0.1, 0.15) is 32.1 Å². The van der Waals surface area contributed by atoms with Crippen LogP contribution in [0.2, 0.25) is 0 Å². The van der Waals surface area contributed by atoms with Crippen LogP contribution < -0.4 is 16.0 Å². The Morgan fingerprint density at radius 1 is 1.26 bits per heavy atom. The first-order chi connectivity index (χ1) is 9.13. The van der Waals surface area contributed by atoms with Gasteiger partial charge in [-0.15, -0.1) is 0 Å². The molecule has 0 fully saturated rings. The molecule has 3 N–H and O–H groups in total. The van der Waals surface area contributed by atoms with Crippen molar-refractivity contribution in [3.05, 3.63) is 18.3 Å². The molecule has 19 heavy (non-hydrogen) atoms. The molecule has 1 rings (SSSR count). The highest BCUT2D eigenvalue weighted by Crippen LogP contribution is 2.12. The molecule has 5 heteroatoms. The largest absolute Gasteiger partial charge is 0.376 e. The minimum Gasteiger partial charge on any atom is -0.376 e. The van der Waals surface area contributed by atoms with Gasteiger partial charge in [0.2, 0.25) is 5.91 Å². The van der Waals surface area contributed by atoms with E-state index < -0.39 is 0 Å². The third-order valence-electron chi connectivity index (χ3n) is 2.89. The lowest BCUT2D eigenvalue weighted by atomic mass is 10.1. The fourth-order valence-electron chi connectivity index (χ4n) is 1.71. The van der Waals surface area contributed by atoms with E-state index in [0.29, 0.717) is 12.2 Å². The van der Waals surface area contributed by atoms with Gasteiger partial charge in [-0.3, -0.25) is 4.79 Å². The molecule has 0 saturated heterocycles. The van der Waals surface area contributed by atoms with Gasteiger partial charge in [0.25, 0.3) is 0 Å². The molecule has 0 unspecified atom stereocenters. The van der Waals surface area contributed by atoms with Crippen molar-refractivity contribution < 1.29 is 4.79 Å². The van der Waals surface area contributed by atoms with Crippen molar-refractivity contribution in [2.45, 2.75) is 32.1 Å². The van der Waals surface area contributed by atoms with Gasteiger partial charge in [0.15, 0.2) is 0 Å². The van der Waals surface area contributed by atoms with Gasteiger partial charge < -0.3 is 16.0 Å². The highest BCUT2D eigenvalue weighted by molar-refractivity contribution is 5.89. The van der Waals surface area contributed by atoms with Gasteiger partial charge in [-0.2, -0.15) is 0 Å². The third kappa shape index (κ3) is 6.20. The van der Waals surface area contributed by atoms with E-state index in [0.717, 1.165) is 37.9 Å². The average molecular weight is 264 g/mol. The summed E-state index contributed by atoms with van der Waals surface area (Å²) in [6, 6.07) is 3.76. The van der Waals surface area contributed by atoms with Crippen molar-refractivity contribution >= 4 is 17.4 Å². The van der Waals surface area contributed by atoms with Crippen LogP contribution >= 0.6 is 0 Å². The highest BCUT2D eigenvalue weighted by atomic mass is 16.1. The van der Waals surface area contributed by atoms with E-state index in [4.69, 9.17) is 5.73 Å². The molecule has 0 atom stereocenters. The van der Waals surface area contributed by atoms with E-state index in [9.17, 15) is 4.79 Å². The van der Waals surface area contributed by atoms with Crippen LogP contribution in [-0.2, 0) is 4.79 Å². The Morgan fingerprint density at radius 2 is 2.00 bits per heavy atom. The van der Waals surface area contributed by atoms with Crippen LogP contribution in [-0.4, -0.2) is 31.5 Å². The molecule has 1 aromatic rings. The van der Waals surface area contributed by atoms with Gasteiger partial charge >= 0.3 is 0 Å². The number of nitrogens with two attached hydrogens (primary N) is 1. The highest BCUT2D eigenvalue weighted by Gasteiger charge is 2.03. The van der Waals surface area contributed by atoms with Gasteiger partial charge in [-0.1, -0.05) is 12.8 Å². The van der Waals surface area contributed by atoms with Gasteiger partial charge in [0.1, 0.15) is 5.82 Å². The average Bonchev–Trinajstić information content (AvgIpc) is 2.39. The predicted molar refractivity (Wildman–Crippen MR) is 79.3 cm³/mol. The molecule has 0 radical (unpaired) electrons. The zero-order valence-electron chi connectivity index (χ0n) is 11.9. The second-order valence-electron chi connectivity index (χ2n) is 4.80. The van der Waals surface area contributed by atoms with Crippen LogP contribution in [0.5, 0.6) is 0 Å². The first-order valence-corrected chi connectivity index (χ1v) is 6.77. The Kier molecular flexibility index (Phi) is 6.89. The molecular weight excluding hydrogens is 240 g/mol. The molecule has 0 spiro atoms. The van der Waals surface area contributed by atoms with Gasteiger partial charge in [-0.05, 0) is 31.5 Å². The Hall–Kier alpha value is -1.62. The minimum absolute atomic E-state index is 0.0258. The molecule has 0 aliphatic heterocycles. The molecule has 1 amide bonds. The lowest BCUT2D eigenvalue weighted by molar-refractivity contribution is -0.116. The van der Waals surface area contributed by atoms with Crippen LogP contribution in [0.15, 0.2) is 18.3 Å². The summed E-state index contributed by atoms with van der Waals surface area (Å²) >= 11 is 0. The SMILES string of the molecule is CN(C)c1ccc(NC(=O)CCCCCCN)nc1. The van der Waals surface area contributed by atoms with E-state index in [1.165, 1.54) is 0 Å². The number of carbonyl (C=O) groups is 1. The van der Waals surface area contributed by atoms with Gasteiger partial charge in [-0.25, -0.2) is 4.98 Å². The summed E-state index contributed by atoms with van der Waals surface area (Å²) in [5, 5.41) is 2.81. The zero-order chi connectivity index (χ0) is 14.1. The van der Waals surface area contributed by atoms with Crippen LogP contribution in [0.3, 0.4) is 0 Å². The monoisotopic (exact) mass is 264 g/mol. The Balaban J connectivity index is 2.28. The maximum Gasteiger partial charge on any atom is 0.225 e. The number of hydrogen-bond acceptors (Lipinski definition) is 4. The number of nitrogens with zero attached hydrogens (tertiary/aromatic N) is 2. The van der Waals surface area contributed by atoms with E-state index >= 15 is 0 Å². The Labute approximate surface area is 115 Å². The topological polar surface area (TPSA) is 71.2 Å². The molecular formula is C14H24N4O. The van der Waals surface area contributed by atoms with Crippen molar-refractivity contribution in [3.63, 3.8) is 0 Å². The second kappa shape index (κ2) is 8.48. The number of rotatable bonds is 8. The van der Waals surface area contributed by atoms with Crippen LogP contribution in [0.25, 0.3) is 0 Å². The lowest BCUT2D eigenvalue weighted by Crippen LogP contribution is -2.13. The third-order valence-corrected chi connectivity index (χ3v) is 2.89. The number of anilines is 2. The van der Waals surface area contributed by atoms with Crippen LogP contribution in [0.4, 0.5) is 11.5 Å². The smallest absolute Gasteiger partial charge is 0.225 e. The molecule has 5 nitrogen and oxygen atoms in total. The zero-order valence-corrected chi connectivity index (χ0v) is 11.9. The number of nitrogens with one attached hydrogen (secondary N) is 1. The Bertz CT molecular complexity index is 376. The molecule has 1 aromatic heterocycles. The number of hydrogen-bond donors (Lipinski definition) is 2. The summed E-state index contributed by atoms with van der Waals surface area (Å²) in [6.45, 7) is 0.730. The lowest BCUT2D eigenvalue weighted by Gasteiger charge is -2.12. The number of pyridine rings is 1. The summed E-state index contributed by atoms with van der Waals surface area (Å²) in [7, 11) is 3.91. The summed E-state index contributed by atoms with van der Waals surface area (Å²) in [5.41, 5.74) is 6.43. The first-order valence-electron chi connectivity index (χ1n) is 6.77. The molecule has 1 heterocycles. The molecule has 0 aromatic carbocycles. The van der Waals surface area contributed by atoms with Crippen molar-refractivity contribution in [1.82, 2.24) is 4.98 Å².